The first-order valence-corrected chi connectivity index (χ1v) is 5.53. The Labute approximate surface area is 97.4 Å². The number of carboxylic acids is 1. The minimum atomic E-state index is -0.841. The van der Waals surface area contributed by atoms with Crippen molar-refractivity contribution in [3.05, 3.63) is 23.2 Å². The molecule has 1 unspecified atom stereocenters. The summed E-state index contributed by atoms with van der Waals surface area (Å²) in [6.45, 7) is 1.63. The smallest absolute Gasteiger partial charge is 0.316 e. The Kier molecular flexibility index (Phi) is 4.29. The lowest BCUT2D eigenvalue weighted by Gasteiger charge is -2.08. The normalized spacial score (nSPS) is 12.2. The molecule has 1 aromatic rings. The predicted molar refractivity (Wildman–Crippen MR) is 61.0 cm³/mol. The van der Waals surface area contributed by atoms with Crippen molar-refractivity contribution in [2.24, 2.45) is 0 Å². The third kappa shape index (κ3) is 3.32. The molecule has 1 N–H and O–H groups in total. The molecule has 5 heteroatoms. The topological polar surface area (TPSA) is 46.5 Å². The highest BCUT2D eigenvalue weighted by Gasteiger charge is 2.13. The largest absolute Gasteiger partial charge is 0.495 e. The molecule has 1 aromatic carbocycles. The van der Waals surface area contributed by atoms with Gasteiger partial charge in [-0.05, 0) is 25.1 Å². The molecule has 0 aliphatic carbocycles. The van der Waals surface area contributed by atoms with Crippen molar-refractivity contribution >= 4 is 29.3 Å². The third-order valence-corrected chi connectivity index (χ3v) is 3.16. The quantitative estimate of drug-likeness (QED) is 0.830. The summed E-state index contributed by atoms with van der Waals surface area (Å²) in [6.07, 6.45) is 0. The van der Waals surface area contributed by atoms with E-state index in [1.54, 1.807) is 25.1 Å². The van der Waals surface area contributed by atoms with Crippen LogP contribution in [-0.2, 0) is 4.79 Å². The number of carbonyl (C=O) groups is 1. The summed E-state index contributed by atoms with van der Waals surface area (Å²) >= 11 is 7.15. The van der Waals surface area contributed by atoms with E-state index in [-0.39, 0.29) is 0 Å². The second-order valence-electron chi connectivity index (χ2n) is 2.89. The molecule has 0 spiro atoms. The van der Waals surface area contributed by atoms with Crippen molar-refractivity contribution in [3.63, 3.8) is 0 Å². The lowest BCUT2D eigenvalue weighted by atomic mass is 10.3. The van der Waals surface area contributed by atoms with Crippen molar-refractivity contribution in [2.45, 2.75) is 17.1 Å². The molecule has 0 radical (unpaired) electrons. The number of ether oxygens (including phenoxy) is 1. The Balaban J connectivity index is 2.79. The van der Waals surface area contributed by atoms with E-state index in [9.17, 15) is 4.79 Å². The van der Waals surface area contributed by atoms with Crippen LogP contribution in [0.25, 0.3) is 0 Å². The first-order chi connectivity index (χ1) is 7.04. The van der Waals surface area contributed by atoms with Gasteiger partial charge in [-0.15, -0.1) is 11.8 Å². The number of thioether (sulfide) groups is 1. The Morgan fingerprint density at radius 3 is 2.73 bits per heavy atom. The molecule has 0 amide bonds. The fraction of sp³-hybridized carbons (Fsp3) is 0.300. The maximum atomic E-state index is 10.6. The van der Waals surface area contributed by atoms with Gasteiger partial charge in [-0.1, -0.05) is 11.6 Å². The van der Waals surface area contributed by atoms with E-state index in [1.807, 2.05) is 0 Å². The molecule has 0 aliphatic heterocycles. The predicted octanol–water partition coefficient (Wildman–Crippen LogP) is 2.91. The summed E-state index contributed by atoms with van der Waals surface area (Å²) in [4.78, 5) is 11.4. The zero-order valence-corrected chi connectivity index (χ0v) is 9.93. The van der Waals surface area contributed by atoms with E-state index in [4.69, 9.17) is 21.4 Å². The third-order valence-electron chi connectivity index (χ3n) is 1.78. The van der Waals surface area contributed by atoms with Crippen molar-refractivity contribution in [1.82, 2.24) is 0 Å². The average molecular weight is 247 g/mol. The minimum absolute atomic E-state index is 0.486. The number of benzene rings is 1. The Hall–Kier alpha value is -0.870. The van der Waals surface area contributed by atoms with Crippen LogP contribution in [0.15, 0.2) is 23.1 Å². The van der Waals surface area contributed by atoms with Crippen LogP contribution < -0.4 is 4.74 Å². The monoisotopic (exact) mass is 246 g/mol. The molecular weight excluding hydrogens is 236 g/mol. The van der Waals surface area contributed by atoms with Gasteiger partial charge in [0.1, 0.15) is 11.0 Å². The number of methoxy groups -OCH3 is 1. The molecule has 82 valence electrons. The van der Waals surface area contributed by atoms with E-state index < -0.39 is 11.2 Å². The number of halogens is 1. The molecule has 0 aliphatic rings. The van der Waals surface area contributed by atoms with Gasteiger partial charge in [0, 0.05) is 4.90 Å². The number of rotatable bonds is 4. The summed E-state index contributed by atoms with van der Waals surface area (Å²) in [5.41, 5.74) is 0. The van der Waals surface area contributed by atoms with Gasteiger partial charge in [0.15, 0.2) is 0 Å². The second-order valence-corrected chi connectivity index (χ2v) is 4.72. The summed E-state index contributed by atoms with van der Waals surface area (Å²) in [5, 5.41) is 8.73. The van der Waals surface area contributed by atoms with Crippen LogP contribution in [0.1, 0.15) is 6.92 Å². The first kappa shape index (κ1) is 12.2. The maximum absolute atomic E-state index is 10.6. The zero-order chi connectivity index (χ0) is 11.4. The fourth-order valence-electron chi connectivity index (χ4n) is 0.975. The SMILES string of the molecule is COc1ccc(SC(C)C(=O)O)cc1Cl. The molecule has 3 nitrogen and oxygen atoms in total. The average Bonchev–Trinajstić information content (AvgIpc) is 2.18. The molecule has 1 rings (SSSR count). The van der Waals surface area contributed by atoms with Crippen molar-refractivity contribution in [1.29, 1.82) is 0 Å². The van der Waals surface area contributed by atoms with Gasteiger partial charge in [-0.2, -0.15) is 0 Å². The Bertz CT molecular complexity index is 368. The molecule has 0 saturated carbocycles. The van der Waals surface area contributed by atoms with Crippen LogP contribution in [0.2, 0.25) is 5.02 Å². The van der Waals surface area contributed by atoms with Crippen LogP contribution in [0, 0.1) is 0 Å². The summed E-state index contributed by atoms with van der Waals surface area (Å²) < 4.78 is 4.99. The number of hydrogen-bond acceptors (Lipinski definition) is 3. The first-order valence-electron chi connectivity index (χ1n) is 4.27. The van der Waals surface area contributed by atoms with E-state index in [1.165, 1.54) is 18.9 Å². The van der Waals surface area contributed by atoms with E-state index in [0.717, 1.165) is 4.90 Å². The molecule has 0 fully saturated rings. The van der Waals surface area contributed by atoms with Gasteiger partial charge in [0.2, 0.25) is 0 Å². The minimum Gasteiger partial charge on any atom is -0.495 e. The van der Waals surface area contributed by atoms with Crippen LogP contribution in [0.5, 0.6) is 5.75 Å². The van der Waals surface area contributed by atoms with Gasteiger partial charge in [-0.3, -0.25) is 4.79 Å². The molecule has 0 saturated heterocycles. The molecule has 1 atom stereocenters. The number of carboxylic acid groups (broad SMARTS) is 1. The highest BCUT2D eigenvalue weighted by Crippen LogP contribution is 2.31. The van der Waals surface area contributed by atoms with Gasteiger partial charge in [0.25, 0.3) is 0 Å². The van der Waals surface area contributed by atoms with E-state index >= 15 is 0 Å². The summed E-state index contributed by atoms with van der Waals surface area (Å²) in [6, 6.07) is 5.21. The van der Waals surface area contributed by atoms with Crippen molar-refractivity contribution < 1.29 is 14.6 Å². The van der Waals surface area contributed by atoms with Gasteiger partial charge >= 0.3 is 5.97 Å². The molecular formula is C10H11ClO3S. The van der Waals surface area contributed by atoms with Gasteiger partial charge in [-0.25, -0.2) is 0 Å². The van der Waals surface area contributed by atoms with Crippen LogP contribution in [-0.4, -0.2) is 23.4 Å². The Morgan fingerprint density at radius 2 is 2.27 bits per heavy atom. The van der Waals surface area contributed by atoms with Gasteiger partial charge < -0.3 is 9.84 Å². The van der Waals surface area contributed by atoms with E-state index in [2.05, 4.69) is 0 Å². The Morgan fingerprint density at radius 1 is 1.60 bits per heavy atom. The molecule has 0 aromatic heterocycles. The van der Waals surface area contributed by atoms with Gasteiger partial charge in [0.05, 0.1) is 12.1 Å². The number of hydrogen-bond donors (Lipinski definition) is 1. The highest BCUT2D eigenvalue weighted by molar-refractivity contribution is 8.00. The summed E-state index contributed by atoms with van der Waals surface area (Å²) in [5.74, 6) is -0.254. The lowest BCUT2D eigenvalue weighted by molar-refractivity contribution is -0.136. The molecule has 15 heavy (non-hydrogen) atoms. The summed E-state index contributed by atoms with van der Waals surface area (Å²) in [7, 11) is 1.54. The van der Waals surface area contributed by atoms with Crippen molar-refractivity contribution in [2.75, 3.05) is 7.11 Å². The van der Waals surface area contributed by atoms with Crippen molar-refractivity contribution in [3.8, 4) is 5.75 Å². The molecule has 0 bridgehead atoms. The standard InChI is InChI=1S/C10H11ClO3S/c1-6(10(12)13)15-7-3-4-9(14-2)8(11)5-7/h3-6H,1-2H3,(H,12,13). The lowest BCUT2D eigenvalue weighted by Crippen LogP contribution is -2.10. The molecule has 0 heterocycles. The van der Waals surface area contributed by atoms with Crippen LogP contribution in [0.4, 0.5) is 0 Å². The zero-order valence-electron chi connectivity index (χ0n) is 8.36. The van der Waals surface area contributed by atoms with Crippen LogP contribution >= 0.6 is 23.4 Å². The fourth-order valence-corrected chi connectivity index (χ4v) is 2.14. The van der Waals surface area contributed by atoms with Crippen LogP contribution in [0.3, 0.4) is 0 Å². The maximum Gasteiger partial charge on any atom is 0.316 e. The second kappa shape index (κ2) is 5.28. The number of aliphatic carboxylic acids is 1. The van der Waals surface area contributed by atoms with E-state index in [0.29, 0.717) is 10.8 Å². The highest BCUT2D eigenvalue weighted by atomic mass is 35.5.